The van der Waals surface area contributed by atoms with Gasteiger partial charge in [-0.05, 0) is 52.3 Å². The van der Waals surface area contributed by atoms with Gasteiger partial charge in [-0.3, -0.25) is 9.52 Å². The van der Waals surface area contributed by atoms with E-state index in [0.717, 1.165) is 23.7 Å². The van der Waals surface area contributed by atoms with Gasteiger partial charge in [-0.15, -0.1) is 0 Å². The third-order valence-electron chi connectivity index (χ3n) is 3.78. The lowest BCUT2D eigenvalue weighted by Gasteiger charge is -2.03. The number of carbonyl (C=O) groups excluding carboxylic acids is 1. The molecule has 2 aromatic carbocycles. The van der Waals surface area contributed by atoms with Crippen molar-refractivity contribution in [3.63, 3.8) is 0 Å². The highest BCUT2D eigenvalue weighted by atomic mass is 79.9. The Bertz CT molecular complexity index is 1250. The second-order valence-corrected chi connectivity index (χ2v) is 9.63. The molecule has 12 heteroatoms. The number of aromatic nitrogens is 2. The summed E-state index contributed by atoms with van der Waals surface area (Å²) in [7, 11) is -3.83. The average Bonchev–Trinajstić information content (AvgIpc) is 3.13. The number of nitrogens with zero attached hydrogens (tertiary/aromatic N) is 2. The van der Waals surface area contributed by atoms with E-state index in [9.17, 15) is 22.0 Å². The number of rotatable bonds is 7. The fraction of sp³-hybridized carbons (Fsp3) is 0.105. The number of carbonyl (C=O) groups is 1. The molecule has 0 atom stereocenters. The van der Waals surface area contributed by atoms with Crippen LogP contribution in [0.3, 0.4) is 0 Å². The first kappa shape index (κ1) is 23.0. The van der Waals surface area contributed by atoms with Crippen LogP contribution in [0, 0.1) is 11.6 Å². The Morgan fingerprint density at radius 3 is 2.58 bits per heavy atom. The number of benzene rings is 2. The molecule has 0 aliphatic rings. The first-order valence-corrected chi connectivity index (χ1v) is 11.9. The van der Waals surface area contributed by atoms with Crippen LogP contribution < -0.4 is 10.0 Å². The summed E-state index contributed by atoms with van der Waals surface area (Å²) in [4.78, 5) is 15.2. The molecule has 0 fully saturated rings. The summed E-state index contributed by atoms with van der Waals surface area (Å²) in [5.74, 6) is -1.69. The molecular weight excluding hydrogens is 514 g/mol. The van der Waals surface area contributed by atoms with Crippen LogP contribution >= 0.6 is 27.5 Å². The zero-order valence-corrected chi connectivity index (χ0v) is 19.1. The summed E-state index contributed by atoms with van der Waals surface area (Å²) >= 11 is 3.74. The Morgan fingerprint density at radius 1 is 1.19 bits per heavy atom. The number of sulfonamides is 1. The summed E-state index contributed by atoms with van der Waals surface area (Å²) in [6.07, 6.45) is 2.39. The van der Waals surface area contributed by atoms with Gasteiger partial charge in [0.1, 0.15) is 11.6 Å². The summed E-state index contributed by atoms with van der Waals surface area (Å²) in [5, 5.41) is 2.70. The minimum Gasteiger partial charge on any atom is -0.326 e. The number of halogens is 3. The van der Waals surface area contributed by atoms with Crippen molar-refractivity contribution in [2.24, 2.45) is 0 Å². The lowest BCUT2D eigenvalue weighted by atomic mass is 10.2. The Morgan fingerprint density at radius 2 is 1.90 bits per heavy atom. The van der Waals surface area contributed by atoms with Gasteiger partial charge in [-0.25, -0.2) is 17.2 Å². The zero-order valence-electron chi connectivity index (χ0n) is 15.9. The van der Waals surface area contributed by atoms with E-state index in [0.29, 0.717) is 17.1 Å². The van der Waals surface area contributed by atoms with Gasteiger partial charge in [0.2, 0.25) is 21.1 Å². The van der Waals surface area contributed by atoms with Crippen molar-refractivity contribution in [1.29, 1.82) is 0 Å². The van der Waals surface area contributed by atoms with Crippen molar-refractivity contribution in [3.05, 3.63) is 64.1 Å². The van der Waals surface area contributed by atoms with E-state index < -0.39 is 27.4 Å². The Hall–Kier alpha value is -2.70. The van der Waals surface area contributed by atoms with Crippen molar-refractivity contribution in [2.75, 3.05) is 15.8 Å². The largest absolute Gasteiger partial charge is 0.326 e. The summed E-state index contributed by atoms with van der Waals surface area (Å²) in [6, 6.07) is 8.67. The van der Waals surface area contributed by atoms with E-state index in [2.05, 4.69) is 35.3 Å². The number of nitrogens with one attached hydrogen (secondary N) is 2. The van der Waals surface area contributed by atoms with Gasteiger partial charge >= 0.3 is 0 Å². The highest BCUT2D eigenvalue weighted by molar-refractivity contribution is 9.10. The minimum absolute atomic E-state index is 0.0201. The van der Waals surface area contributed by atoms with Gasteiger partial charge in [0.15, 0.2) is 5.82 Å². The number of hydrogen-bond donors (Lipinski definition) is 2. The van der Waals surface area contributed by atoms with Gasteiger partial charge in [-0.1, -0.05) is 12.2 Å². The van der Waals surface area contributed by atoms with Crippen molar-refractivity contribution in [2.45, 2.75) is 6.92 Å². The van der Waals surface area contributed by atoms with Crippen LogP contribution in [0.5, 0.6) is 0 Å². The fourth-order valence-corrected chi connectivity index (χ4v) is 4.47. The summed E-state index contributed by atoms with van der Waals surface area (Å²) in [5.41, 5.74) is 1.18. The van der Waals surface area contributed by atoms with E-state index in [-0.39, 0.29) is 21.1 Å². The molecule has 0 bridgehead atoms. The number of amides is 1. The van der Waals surface area contributed by atoms with Crippen molar-refractivity contribution in [1.82, 2.24) is 9.36 Å². The zero-order chi connectivity index (χ0) is 22.6. The first-order chi connectivity index (χ1) is 14.6. The van der Waals surface area contributed by atoms with E-state index in [1.807, 2.05) is 0 Å². The number of anilines is 2. The predicted molar refractivity (Wildman–Crippen MR) is 120 cm³/mol. The molecule has 7 nitrogen and oxygen atoms in total. The van der Waals surface area contributed by atoms with Gasteiger partial charge in [0, 0.05) is 35.3 Å². The molecule has 3 rings (SSSR count). The van der Waals surface area contributed by atoms with Gasteiger partial charge < -0.3 is 5.32 Å². The van der Waals surface area contributed by atoms with E-state index in [4.69, 9.17) is 0 Å². The maximum absolute atomic E-state index is 13.8. The molecule has 1 amide bonds. The Balaban J connectivity index is 1.65. The van der Waals surface area contributed by atoms with Crippen LogP contribution in [0.1, 0.15) is 12.5 Å². The van der Waals surface area contributed by atoms with Crippen LogP contribution in [0.2, 0.25) is 0 Å². The molecule has 2 N–H and O–H groups in total. The van der Waals surface area contributed by atoms with Crippen molar-refractivity contribution in [3.8, 4) is 11.4 Å². The van der Waals surface area contributed by atoms with Crippen LogP contribution in [0.4, 0.5) is 19.6 Å². The molecule has 31 heavy (non-hydrogen) atoms. The molecule has 0 saturated heterocycles. The normalized spacial score (nSPS) is 11.6. The predicted octanol–water partition coefficient (Wildman–Crippen LogP) is 4.66. The van der Waals surface area contributed by atoms with Crippen LogP contribution in [-0.2, 0) is 14.8 Å². The molecule has 1 heterocycles. The molecule has 0 unspecified atom stereocenters. The molecule has 0 spiro atoms. The lowest BCUT2D eigenvalue weighted by Crippen LogP contribution is -2.15. The van der Waals surface area contributed by atoms with Gasteiger partial charge in [0.05, 0.1) is 10.2 Å². The quantitative estimate of drug-likeness (QED) is 0.434. The first-order valence-electron chi connectivity index (χ1n) is 8.66. The second-order valence-electron chi connectivity index (χ2n) is 6.26. The lowest BCUT2D eigenvalue weighted by molar-refractivity contribution is -0.114. The third kappa shape index (κ3) is 6.39. The molecule has 0 saturated carbocycles. The minimum atomic E-state index is -3.83. The van der Waals surface area contributed by atoms with E-state index >= 15 is 0 Å². The van der Waals surface area contributed by atoms with Crippen LogP contribution in [0.25, 0.3) is 17.5 Å². The highest BCUT2D eigenvalue weighted by Gasteiger charge is 2.14. The monoisotopic (exact) mass is 528 g/mol. The fourth-order valence-electron chi connectivity index (χ4n) is 2.43. The molecule has 0 aliphatic heterocycles. The summed E-state index contributed by atoms with van der Waals surface area (Å²) < 4.78 is 58.2. The van der Waals surface area contributed by atoms with Gasteiger partial charge in [0.25, 0.3) is 0 Å². The molecule has 162 valence electrons. The highest BCUT2D eigenvalue weighted by Crippen LogP contribution is 2.24. The van der Waals surface area contributed by atoms with Crippen LogP contribution in [-0.4, -0.2) is 29.4 Å². The smallest absolute Gasteiger partial charge is 0.238 e. The van der Waals surface area contributed by atoms with E-state index in [1.165, 1.54) is 19.1 Å². The third-order valence-corrected chi connectivity index (χ3v) is 6.29. The SMILES string of the molecule is CC(=O)Nc1ccc(-c2nsc(NS(=O)(=O)CC=Cc3cc(F)c(Br)cc3F)n2)cc1. The molecule has 3 aromatic rings. The maximum Gasteiger partial charge on any atom is 0.238 e. The number of hydrogen-bond acceptors (Lipinski definition) is 6. The molecule has 1 aromatic heterocycles. The molecular formula is C19H15BrF2N4O3S2. The van der Waals surface area contributed by atoms with Crippen molar-refractivity contribution < 1.29 is 22.0 Å². The van der Waals surface area contributed by atoms with Gasteiger partial charge in [-0.2, -0.15) is 9.36 Å². The van der Waals surface area contributed by atoms with E-state index in [1.54, 1.807) is 24.3 Å². The topological polar surface area (TPSA) is 101 Å². The van der Waals surface area contributed by atoms with Crippen molar-refractivity contribution >= 4 is 60.3 Å². The Labute approximate surface area is 189 Å². The Kier molecular flexibility index (Phi) is 7.13. The molecule has 0 aliphatic carbocycles. The average molecular weight is 529 g/mol. The standard InChI is InChI=1S/C19H15BrF2N4O3S2/c1-11(27)23-14-6-4-12(5-7-14)18-24-19(30-25-18)26-31(28,29)8-2-3-13-9-17(22)15(20)10-16(13)21/h2-7,9-10H,8H2,1H3,(H,23,27)(H,24,25,26). The summed E-state index contributed by atoms with van der Waals surface area (Å²) in [6.45, 7) is 1.40. The van der Waals surface area contributed by atoms with Crippen LogP contribution in [0.15, 0.2) is 46.9 Å². The second kappa shape index (κ2) is 9.62. The molecule has 0 radical (unpaired) electrons. The maximum atomic E-state index is 13.8.